The third-order valence-corrected chi connectivity index (χ3v) is 5.27. The van der Waals surface area contributed by atoms with Gasteiger partial charge in [0.15, 0.2) is 0 Å². The fraction of sp³-hybridized carbons (Fsp3) is 0.263. The maximum absolute atomic E-state index is 12.2. The first-order valence-corrected chi connectivity index (χ1v) is 10.1. The number of ether oxygens (including phenoxy) is 1. The fourth-order valence-corrected chi connectivity index (χ4v) is 3.73. The van der Waals surface area contributed by atoms with Crippen molar-refractivity contribution < 1.29 is 17.7 Å². The lowest BCUT2D eigenvalue weighted by Gasteiger charge is -2.06. The van der Waals surface area contributed by atoms with Crippen LogP contribution in [0.25, 0.3) is 11.4 Å². The summed E-state index contributed by atoms with van der Waals surface area (Å²) in [5.74, 6) is 1.51. The Hall–Kier alpha value is -2.71. The molecule has 142 valence electrons. The number of nitrogens with one attached hydrogen (secondary N) is 1. The van der Waals surface area contributed by atoms with Crippen LogP contribution in [-0.4, -0.2) is 32.2 Å². The molecule has 2 aromatic carbocycles. The molecule has 1 aromatic heterocycles. The quantitative estimate of drug-likeness (QED) is 0.639. The van der Waals surface area contributed by atoms with Crippen molar-refractivity contribution in [1.29, 1.82) is 0 Å². The maximum Gasteiger partial charge on any atom is 0.228 e. The Morgan fingerprint density at radius 1 is 1.15 bits per heavy atom. The lowest BCUT2D eigenvalue weighted by Crippen LogP contribution is -2.27. The number of aryl methyl sites for hydroxylation is 1. The van der Waals surface area contributed by atoms with Crippen LogP contribution in [0.5, 0.6) is 5.75 Å². The van der Waals surface area contributed by atoms with Gasteiger partial charge in [-0.15, -0.1) is 0 Å². The largest absolute Gasteiger partial charge is 0.497 e. The van der Waals surface area contributed by atoms with Crippen LogP contribution >= 0.6 is 0 Å². The molecule has 0 saturated heterocycles. The number of sulfonamides is 1. The minimum Gasteiger partial charge on any atom is -0.497 e. The second kappa shape index (κ2) is 8.32. The summed E-state index contributed by atoms with van der Waals surface area (Å²) >= 11 is 0. The molecule has 0 spiro atoms. The van der Waals surface area contributed by atoms with Crippen molar-refractivity contribution in [3.63, 3.8) is 0 Å². The Balaban J connectivity index is 1.55. The summed E-state index contributed by atoms with van der Waals surface area (Å²) in [6.07, 6.45) is 0.316. The Labute approximate surface area is 158 Å². The molecule has 0 aliphatic carbocycles. The molecule has 0 saturated carbocycles. The standard InChI is InChI=1S/C19H21N3O4S/c1-14-4-3-5-15(12-14)13-27(23,24)20-11-10-18-21-19(22-26-18)16-6-8-17(25-2)9-7-16/h3-9,12,20H,10-11,13H2,1-2H3. The molecule has 0 bridgehead atoms. The van der Waals surface area contributed by atoms with Crippen LogP contribution in [0, 0.1) is 6.92 Å². The number of hydrogen-bond donors (Lipinski definition) is 1. The van der Waals surface area contributed by atoms with Gasteiger partial charge in [-0.1, -0.05) is 35.0 Å². The summed E-state index contributed by atoms with van der Waals surface area (Å²) in [5, 5.41) is 3.93. The molecule has 27 heavy (non-hydrogen) atoms. The third-order valence-electron chi connectivity index (χ3n) is 3.92. The first-order valence-electron chi connectivity index (χ1n) is 8.45. The second-order valence-electron chi connectivity index (χ2n) is 6.13. The number of rotatable bonds is 8. The molecule has 0 radical (unpaired) electrons. The van der Waals surface area contributed by atoms with Gasteiger partial charge in [-0.3, -0.25) is 0 Å². The van der Waals surface area contributed by atoms with Gasteiger partial charge in [0.25, 0.3) is 0 Å². The molecule has 0 aliphatic heterocycles. The van der Waals surface area contributed by atoms with E-state index in [1.807, 2.05) is 49.4 Å². The van der Waals surface area contributed by atoms with Crippen molar-refractivity contribution in [1.82, 2.24) is 14.9 Å². The van der Waals surface area contributed by atoms with Crippen LogP contribution in [-0.2, 0) is 22.2 Å². The van der Waals surface area contributed by atoms with Gasteiger partial charge >= 0.3 is 0 Å². The smallest absolute Gasteiger partial charge is 0.228 e. The number of benzene rings is 2. The average molecular weight is 387 g/mol. The molecule has 0 fully saturated rings. The lowest BCUT2D eigenvalue weighted by atomic mass is 10.2. The summed E-state index contributed by atoms with van der Waals surface area (Å²) in [4.78, 5) is 4.30. The van der Waals surface area contributed by atoms with Crippen LogP contribution in [0.3, 0.4) is 0 Å². The Kier molecular flexibility index (Phi) is 5.88. The molecule has 0 aliphatic rings. The van der Waals surface area contributed by atoms with E-state index in [1.54, 1.807) is 13.2 Å². The maximum atomic E-state index is 12.2. The van der Waals surface area contributed by atoms with Crippen LogP contribution in [0.1, 0.15) is 17.0 Å². The summed E-state index contributed by atoms with van der Waals surface area (Å²) in [5.41, 5.74) is 2.58. The molecule has 0 unspecified atom stereocenters. The van der Waals surface area contributed by atoms with Gasteiger partial charge in [0.1, 0.15) is 5.75 Å². The van der Waals surface area contributed by atoms with E-state index in [-0.39, 0.29) is 12.3 Å². The Bertz CT molecular complexity index is 998. The number of methoxy groups -OCH3 is 1. The molecule has 1 N–H and O–H groups in total. The molecule has 8 heteroatoms. The average Bonchev–Trinajstić information content (AvgIpc) is 3.10. The monoisotopic (exact) mass is 387 g/mol. The zero-order valence-corrected chi connectivity index (χ0v) is 16.0. The summed E-state index contributed by atoms with van der Waals surface area (Å²) in [7, 11) is -1.83. The SMILES string of the molecule is COc1ccc(-c2noc(CCNS(=O)(=O)Cc3cccc(C)c3)n2)cc1. The van der Waals surface area contributed by atoms with E-state index < -0.39 is 10.0 Å². The summed E-state index contributed by atoms with van der Waals surface area (Å²) in [6.45, 7) is 2.12. The van der Waals surface area contributed by atoms with Gasteiger partial charge in [0.2, 0.25) is 21.7 Å². The highest BCUT2D eigenvalue weighted by atomic mass is 32.2. The second-order valence-corrected chi connectivity index (χ2v) is 7.94. The molecule has 3 aromatic rings. The molecular formula is C19H21N3O4S. The van der Waals surface area contributed by atoms with Gasteiger partial charge in [-0.2, -0.15) is 4.98 Å². The van der Waals surface area contributed by atoms with E-state index in [2.05, 4.69) is 14.9 Å². The van der Waals surface area contributed by atoms with E-state index in [0.29, 0.717) is 18.1 Å². The minimum atomic E-state index is -3.43. The predicted molar refractivity (Wildman–Crippen MR) is 102 cm³/mol. The zero-order valence-electron chi connectivity index (χ0n) is 15.2. The van der Waals surface area contributed by atoms with E-state index in [0.717, 1.165) is 22.4 Å². The highest BCUT2D eigenvalue weighted by molar-refractivity contribution is 7.88. The van der Waals surface area contributed by atoms with Crippen molar-refractivity contribution in [3.05, 3.63) is 65.5 Å². The van der Waals surface area contributed by atoms with Gasteiger partial charge in [-0.05, 0) is 36.8 Å². The highest BCUT2D eigenvalue weighted by Crippen LogP contribution is 2.19. The minimum absolute atomic E-state index is 0.0599. The van der Waals surface area contributed by atoms with Gasteiger partial charge < -0.3 is 9.26 Å². The summed E-state index contributed by atoms with van der Waals surface area (Å²) < 4.78 is 37.3. The van der Waals surface area contributed by atoms with E-state index >= 15 is 0 Å². The van der Waals surface area contributed by atoms with Crippen molar-refractivity contribution >= 4 is 10.0 Å². The Morgan fingerprint density at radius 3 is 2.63 bits per heavy atom. The molecule has 7 nitrogen and oxygen atoms in total. The van der Waals surface area contributed by atoms with Crippen molar-refractivity contribution in [2.75, 3.05) is 13.7 Å². The van der Waals surface area contributed by atoms with Crippen molar-refractivity contribution in [3.8, 4) is 17.1 Å². The first-order chi connectivity index (χ1) is 12.9. The topological polar surface area (TPSA) is 94.3 Å². The van der Waals surface area contributed by atoms with Gasteiger partial charge in [-0.25, -0.2) is 13.1 Å². The molecule has 3 rings (SSSR count). The normalized spacial score (nSPS) is 11.5. The Morgan fingerprint density at radius 2 is 1.93 bits per heavy atom. The van der Waals surface area contributed by atoms with E-state index in [4.69, 9.17) is 9.26 Å². The predicted octanol–water partition coefficient (Wildman–Crippen LogP) is 2.72. The van der Waals surface area contributed by atoms with E-state index in [9.17, 15) is 8.42 Å². The summed E-state index contributed by atoms with van der Waals surface area (Å²) in [6, 6.07) is 14.7. The number of nitrogens with zero attached hydrogens (tertiary/aromatic N) is 2. The van der Waals surface area contributed by atoms with E-state index in [1.165, 1.54) is 0 Å². The molecule has 1 heterocycles. The van der Waals surface area contributed by atoms with Crippen molar-refractivity contribution in [2.45, 2.75) is 19.1 Å². The number of aromatic nitrogens is 2. The van der Waals surface area contributed by atoms with Crippen LogP contribution in [0.15, 0.2) is 53.1 Å². The fourth-order valence-electron chi connectivity index (χ4n) is 2.60. The first kappa shape index (κ1) is 19.1. The van der Waals surface area contributed by atoms with Gasteiger partial charge in [0, 0.05) is 18.5 Å². The molecular weight excluding hydrogens is 366 g/mol. The van der Waals surface area contributed by atoms with Crippen LogP contribution < -0.4 is 9.46 Å². The van der Waals surface area contributed by atoms with Crippen LogP contribution in [0.2, 0.25) is 0 Å². The zero-order chi connectivity index (χ0) is 19.3. The molecule has 0 amide bonds. The highest BCUT2D eigenvalue weighted by Gasteiger charge is 2.13. The number of hydrogen-bond acceptors (Lipinski definition) is 6. The van der Waals surface area contributed by atoms with Crippen LogP contribution in [0.4, 0.5) is 0 Å². The van der Waals surface area contributed by atoms with Gasteiger partial charge in [0.05, 0.1) is 12.9 Å². The van der Waals surface area contributed by atoms with Crippen molar-refractivity contribution in [2.24, 2.45) is 0 Å². The lowest BCUT2D eigenvalue weighted by molar-refractivity contribution is 0.379. The third kappa shape index (κ3) is 5.38. The molecule has 0 atom stereocenters.